The minimum atomic E-state index is -0.479. The van der Waals surface area contributed by atoms with Crippen molar-refractivity contribution in [2.45, 2.75) is 52.2 Å². The normalized spacial score (nSPS) is 20.1. The topological polar surface area (TPSA) is 87.8 Å². The van der Waals surface area contributed by atoms with Gasteiger partial charge in [-0.05, 0) is 43.0 Å². The number of guanidine groups is 1. The lowest BCUT2D eigenvalue weighted by molar-refractivity contribution is -0.130. The van der Waals surface area contributed by atoms with E-state index in [1.54, 1.807) is 12.1 Å². The zero-order valence-corrected chi connectivity index (χ0v) is 18.1. The van der Waals surface area contributed by atoms with E-state index in [1.165, 1.54) is 4.90 Å². The quantitative estimate of drug-likeness (QED) is 0.768. The number of rotatable bonds is 6. The number of amides is 2. The zero-order chi connectivity index (χ0) is 21.9. The Kier molecular flexibility index (Phi) is 6.25. The maximum Gasteiger partial charge on any atom is 0.251 e. The van der Waals surface area contributed by atoms with Gasteiger partial charge in [-0.15, -0.1) is 0 Å². The van der Waals surface area contributed by atoms with Gasteiger partial charge in [-0.2, -0.15) is 0 Å². The first kappa shape index (κ1) is 21.6. The molecule has 3 rings (SSSR count). The van der Waals surface area contributed by atoms with Crippen LogP contribution in [0.2, 0.25) is 0 Å². The summed E-state index contributed by atoms with van der Waals surface area (Å²) in [5.74, 6) is 0.231. The van der Waals surface area contributed by atoms with E-state index in [0.29, 0.717) is 12.0 Å². The summed E-state index contributed by atoms with van der Waals surface area (Å²) >= 11 is 0. The Bertz CT molecular complexity index is 955. The van der Waals surface area contributed by atoms with Crippen LogP contribution in [0.1, 0.15) is 61.6 Å². The van der Waals surface area contributed by atoms with Gasteiger partial charge < -0.3 is 11.1 Å². The van der Waals surface area contributed by atoms with E-state index in [2.05, 4.69) is 10.3 Å². The Balaban J connectivity index is 1.73. The van der Waals surface area contributed by atoms with Crippen LogP contribution < -0.4 is 11.1 Å². The number of benzene rings is 2. The molecule has 0 aliphatic carbocycles. The highest BCUT2D eigenvalue weighted by Gasteiger charge is 2.38. The Morgan fingerprint density at radius 3 is 2.50 bits per heavy atom. The van der Waals surface area contributed by atoms with Gasteiger partial charge in [0.1, 0.15) is 0 Å². The van der Waals surface area contributed by atoms with Gasteiger partial charge in [-0.1, -0.05) is 56.3 Å². The second kappa shape index (κ2) is 8.69. The van der Waals surface area contributed by atoms with E-state index in [0.717, 1.165) is 11.1 Å². The summed E-state index contributed by atoms with van der Waals surface area (Å²) < 4.78 is 0. The number of aliphatic imine (C=N–C) groups is 1. The summed E-state index contributed by atoms with van der Waals surface area (Å²) in [4.78, 5) is 31.5. The van der Waals surface area contributed by atoms with E-state index < -0.39 is 5.54 Å². The average Bonchev–Trinajstić information content (AvgIpc) is 2.71. The van der Waals surface area contributed by atoms with E-state index in [4.69, 9.17) is 5.73 Å². The smallest absolute Gasteiger partial charge is 0.251 e. The van der Waals surface area contributed by atoms with Crippen molar-refractivity contribution in [3.63, 3.8) is 0 Å². The lowest BCUT2D eigenvalue weighted by Crippen LogP contribution is -2.51. The van der Waals surface area contributed by atoms with Crippen LogP contribution >= 0.6 is 0 Å². The molecule has 0 bridgehead atoms. The van der Waals surface area contributed by atoms with Crippen molar-refractivity contribution in [2.75, 3.05) is 0 Å². The molecule has 158 valence electrons. The fourth-order valence-electron chi connectivity index (χ4n) is 3.49. The van der Waals surface area contributed by atoms with E-state index >= 15 is 0 Å². The van der Waals surface area contributed by atoms with Crippen molar-refractivity contribution < 1.29 is 9.59 Å². The monoisotopic (exact) mass is 406 g/mol. The van der Waals surface area contributed by atoms with Gasteiger partial charge in [0, 0.05) is 5.56 Å². The van der Waals surface area contributed by atoms with Gasteiger partial charge in [-0.25, -0.2) is 4.99 Å². The van der Waals surface area contributed by atoms with Crippen molar-refractivity contribution in [3.05, 3.63) is 71.3 Å². The van der Waals surface area contributed by atoms with Gasteiger partial charge in [0.2, 0.25) is 5.91 Å². The predicted molar refractivity (Wildman–Crippen MR) is 119 cm³/mol. The first-order valence-electron chi connectivity index (χ1n) is 10.3. The second-order valence-electron chi connectivity index (χ2n) is 8.44. The Hall–Kier alpha value is -3.15. The Labute approximate surface area is 178 Å². The molecule has 2 atom stereocenters. The highest BCUT2D eigenvalue weighted by Crippen LogP contribution is 2.30. The largest absolute Gasteiger partial charge is 0.369 e. The molecule has 2 aromatic rings. The first-order valence-corrected chi connectivity index (χ1v) is 10.3. The summed E-state index contributed by atoms with van der Waals surface area (Å²) in [5.41, 5.74) is 8.07. The molecule has 0 saturated carbocycles. The Morgan fingerprint density at radius 1 is 1.17 bits per heavy atom. The van der Waals surface area contributed by atoms with E-state index in [9.17, 15) is 9.59 Å². The van der Waals surface area contributed by atoms with Gasteiger partial charge in [-0.3, -0.25) is 14.5 Å². The number of hydrogen-bond acceptors (Lipinski definition) is 4. The molecule has 6 nitrogen and oxygen atoms in total. The number of nitrogens with zero attached hydrogens (tertiary/aromatic N) is 2. The third-order valence-electron chi connectivity index (χ3n) is 5.88. The van der Waals surface area contributed by atoms with Crippen LogP contribution in [0.4, 0.5) is 0 Å². The molecular formula is C24H30N4O2. The highest BCUT2D eigenvalue weighted by molar-refractivity contribution is 5.99. The fraction of sp³-hybridized carbons (Fsp3) is 0.375. The molecule has 2 aromatic carbocycles. The molecule has 1 heterocycles. The lowest BCUT2D eigenvalue weighted by atomic mass is 9.84. The lowest BCUT2D eigenvalue weighted by Gasteiger charge is -2.37. The number of hydrogen-bond donors (Lipinski definition) is 2. The maximum atomic E-state index is 12.7. The van der Waals surface area contributed by atoms with Gasteiger partial charge in [0.05, 0.1) is 24.5 Å². The molecule has 3 N–H and O–H groups in total. The molecule has 2 amide bonds. The summed E-state index contributed by atoms with van der Waals surface area (Å²) in [7, 11) is 0. The highest BCUT2D eigenvalue weighted by atomic mass is 16.2. The molecule has 1 aliphatic heterocycles. The van der Waals surface area contributed by atoms with Gasteiger partial charge >= 0.3 is 0 Å². The van der Waals surface area contributed by atoms with Gasteiger partial charge in [0.15, 0.2) is 5.96 Å². The van der Waals surface area contributed by atoms with Crippen molar-refractivity contribution >= 4 is 17.8 Å². The van der Waals surface area contributed by atoms with Crippen molar-refractivity contribution in [1.29, 1.82) is 0 Å². The van der Waals surface area contributed by atoms with Crippen molar-refractivity contribution in [3.8, 4) is 0 Å². The summed E-state index contributed by atoms with van der Waals surface area (Å²) in [5, 5.41) is 3.02. The molecule has 0 fully saturated rings. The third-order valence-corrected chi connectivity index (χ3v) is 5.88. The molecule has 6 heteroatoms. The van der Waals surface area contributed by atoms with Gasteiger partial charge in [0.25, 0.3) is 5.91 Å². The van der Waals surface area contributed by atoms with Crippen molar-refractivity contribution in [1.82, 2.24) is 10.2 Å². The van der Waals surface area contributed by atoms with Crippen LogP contribution in [0.3, 0.4) is 0 Å². The maximum absolute atomic E-state index is 12.7. The SMILES string of the molecule is CC(C)[C@]1(C)CC(=O)N(Cc2cccc(C(=O)N[C@H](C)c3ccccc3)c2)C(N)=N1. The summed E-state index contributed by atoms with van der Waals surface area (Å²) in [6.07, 6.45) is 0.320. The van der Waals surface area contributed by atoms with Crippen LogP contribution in [-0.2, 0) is 11.3 Å². The Morgan fingerprint density at radius 2 is 1.87 bits per heavy atom. The third kappa shape index (κ3) is 4.70. The molecule has 1 aliphatic rings. The van der Waals surface area contributed by atoms with Crippen LogP contribution in [0.25, 0.3) is 0 Å². The van der Waals surface area contributed by atoms with E-state index in [-0.39, 0.29) is 36.3 Å². The molecule has 0 radical (unpaired) electrons. The zero-order valence-electron chi connectivity index (χ0n) is 18.1. The summed E-state index contributed by atoms with van der Waals surface area (Å²) in [6, 6.07) is 17.0. The van der Waals surface area contributed by atoms with Crippen LogP contribution in [0.5, 0.6) is 0 Å². The second-order valence-corrected chi connectivity index (χ2v) is 8.44. The number of nitrogens with one attached hydrogen (secondary N) is 1. The molecule has 0 unspecified atom stereocenters. The van der Waals surface area contributed by atoms with E-state index in [1.807, 2.05) is 70.2 Å². The van der Waals surface area contributed by atoms with Crippen LogP contribution in [0.15, 0.2) is 59.6 Å². The molecule has 30 heavy (non-hydrogen) atoms. The molecule has 0 spiro atoms. The van der Waals surface area contributed by atoms with Crippen LogP contribution in [-0.4, -0.2) is 28.2 Å². The molecular weight excluding hydrogens is 376 g/mol. The molecule has 0 aromatic heterocycles. The minimum absolute atomic E-state index is 0.0498. The number of carbonyl (C=O) groups is 2. The predicted octanol–water partition coefficient (Wildman–Crippen LogP) is 3.64. The van der Waals surface area contributed by atoms with Crippen LogP contribution in [0, 0.1) is 5.92 Å². The fourth-order valence-corrected chi connectivity index (χ4v) is 3.49. The number of carbonyl (C=O) groups excluding carboxylic acids is 2. The van der Waals surface area contributed by atoms with Crippen molar-refractivity contribution in [2.24, 2.45) is 16.6 Å². The minimum Gasteiger partial charge on any atom is -0.369 e. The molecule has 0 saturated heterocycles. The first-order chi connectivity index (χ1) is 14.2. The standard InChI is InChI=1S/C24H30N4O2/c1-16(2)24(4)14-21(29)28(23(25)27-24)15-18-9-8-12-20(13-18)22(30)26-17(3)19-10-6-5-7-11-19/h5-13,16-17H,14-15H2,1-4H3,(H2,25,27)(H,26,30)/t17-,24+/m1/s1. The summed E-state index contributed by atoms with van der Waals surface area (Å²) in [6.45, 7) is 8.28. The average molecular weight is 407 g/mol. The number of nitrogens with two attached hydrogens (primary N) is 1.